The van der Waals surface area contributed by atoms with Crippen LogP contribution in [0.15, 0.2) is 6.07 Å². The first kappa shape index (κ1) is 17.4. The molecule has 2 rings (SSSR count). The summed E-state index contributed by atoms with van der Waals surface area (Å²) in [5.41, 5.74) is 0.397. The lowest BCUT2D eigenvalue weighted by Crippen LogP contribution is -3.16. The minimum absolute atomic E-state index is 0.0457. The maximum absolute atomic E-state index is 12.2. The molecule has 1 aliphatic rings. The van der Waals surface area contributed by atoms with Gasteiger partial charge in [-0.2, -0.15) is 0 Å². The summed E-state index contributed by atoms with van der Waals surface area (Å²) in [6.45, 7) is 5.81. The Morgan fingerprint density at radius 2 is 2.22 bits per heavy atom. The molecule has 1 fully saturated rings. The summed E-state index contributed by atoms with van der Waals surface area (Å²) >= 11 is 1.38. The molecule has 1 atom stereocenters. The van der Waals surface area contributed by atoms with Crippen molar-refractivity contribution < 1.29 is 24.0 Å². The fourth-order valence-corrected chi connectivity index (χ4v) is 3.38. The summed E-state index contributed by atoms with van der Waals surface area (Å²) in [4.78, 5) is 37.5. The maximum atomic E-state index is 12.2. The van der Waals surface area contributed by atoms with E-state index in [1.54, 1.807) is 13.0 Å². The van der Waals surface area contributed by atoms with Crippen LogP contribution in [0.25, 0.3) is 0 Å². The zero-order valence-corrected chi connectivity index (χ0v) is 14.2. The van der Waals surface area contributed by atoms with Crippen molar-refractivity contribution in [2.45, 2.75) is 20.3 Å². The van der Waals surface area contributed by atoms with Gasteiger partial charge >= 0.3 is 5.97 Å². The number of hydrogen-bond donors (Lipinski definition) is 3. The highest BCUT2D eigenvalue weighted by atomic mass is 32.1. The first-order valence-corrected chi connectivity index (χ1v) is 8.55. The lowest BCUT2D eigenvalue weighted by molar-refractivity contribution is -0.885. The molecule has 1 unspecified atom stereocenters. The molecule has 126 valence electrons. The van der Waals surface area contributed by atoms with E-state index in [2.05, 4.69) is 10.6 Å². The second-order valence-corrected chi connectivity index (χ2v) is 6.42. The lowest BCUT2D eigenvalue weighted by atomic mass is 10.2. The van der Waals surface area contributed by atoms with Gasteiger partial charge in [-0.15, -0.1) is 11.3 Å². The highest BCUT2D eigenvalue weighted by Gasteiger charge is 2.24. The van der Waals surface area contributed by atoms with Gasteiger partial charge in [-0.1, -0.05) is 6.92 Å². The van der Waals surface area contributed by atoms with Crippen LogP contribution in [0.1, 0.15) is 29.1 Å². The van der Waals surface area contributed by atoms with Crippen molar-refractivity contribution in [2.75, 3.05) is 38.1 Å². The Morgan fingerprint density at radius 1 is 1.43 bits per heavy atom. The van der Waals surface area contributed by atoms with E-state index < -0.39 is 5.97 Å². The first-order valence-electron chi connectivity index (χ1n) is 7.73. The van der Waals surface area contributed by atoms with E-state index in [0.29, 0.717) is 30.2 Å². The number of thiophene rings is 1. The van der Waals surface area contributed by atoms with Gasteiger partial charge in [0, 0.05) is 4.88 Å². The van der Waals surface area contributed by atoms with E-state index in [1.807, 2.05) is 6.92 Å². The molecule has 0 spiro atoms. The molecule has 0 aromatic carbocycles. The second-order valence-electron chi connectivity index (χ2n) is 5.28. The Kier molecular flexibility index (Phi) is 6.12. The Labute approximate surface area is 139 Å². The summed E-state index contributed by atoms with van der Waals surface area (Å²) in [7, 11) is 0. The first-order chi connectivity index (χ1) is 11.0. The van der Waals surface area contributed by atoms with Gasteiger partial charge in [0.2, 0.25) is 0 Å². The smallest absolute Gasteiger partial charge is 0.341 e. The maximum Gasteiger partial charge on any atom is 0.341 e. The van der Waals surface area contributed by atoms with Crippen molar-refractivity contribution in [1.82, 2.24) is 5.32 Å². The van der Waals surface area contributed by atoms with Gasteiger partial charge in [0.15, 0.2) is 13.1 Å². The van der Waals surface area contributed by atoms with Gasteiger partial charge in [0.25, 0.3) is 11.8 Å². The topological polar surface area (TPSA) is 88.9 Å². The average molecular weight is 340 g/mol. The number of anilines is 1. The van der Waals surface area contributed by atoms with E-state index in [1.165, 1.54) is 11.3 Å². The van der Waals surface area contributed by atoms with Crippen molar-refractivity contribution >= 4 is 34.1 Å². The van der Waals surface area contributed by atoms with Crippen LogP contribution in [0.4, 0.5) is 5.00 Å². The highest BCUT2D eigenvalue weighted by Crippen LogP contribution is 2.29. The number of esters is 1. The Morgan fingerprint density at radius 3 is 2.87 bits per heavy atom. The molecule has 1 aliphatic heterocycles. The number of ether oxygens (including phenoxy) is 1. The van der Waals surface area contributed by atoms with E-state index in [4.69, 9.17) is 4.74 Å². The van der Waals surface area contributed by atoms with Crippen molar-refractivity contribution in [3.8, 4) is 0 Å². The number of hydrogen-bond acceptors (Lipinski definition) is 5. The van der Waals surface area contributed by atoms with Crippen LogP contribution >= 0.6 is 11.3 Å². The highest BCUT2D eigenvalue weighted by molar-refractivity contribution is 7.16. The summed E-state index contributed by atoms with van der Waals surface area (Å²) in [5, 5.41) is 6.05. The van der Waals surface area contributed by atoms with Crippen LogP contribution in [0.5, 0.6) is 0 Å². The predicted octanol–water partition coefficient (Wildman–Crippen LogP) is -0.560. The summed E-state index contributed by atoms with van der Waals surface area (Å²) < 4.78 is 5.03. The van der Waals surface area contributed by atoms with Crippen LogP contribution in [-0.4, -0.2) is 50.6 Å². The number of amides is 2. The zero-order valence-electron chi connectivity index (χ0n) is 13.4. The van der Waals surface area contributed by atoms with Crippen molar-refractivity contribution in [1.29, 1.82) is 0 Å². The SMILES string of the molecule is CCOC(=O)c1cc(CC)sc1NC(=O)C[NH+]1CCNC(=O)C1. The molecule has 1 saturated heterocycles. The molecule has 0 saturated carbocycles. The molecule has 1 aromatic rings. The third-order valence-corrected chi connectivity index (χ3v) is 4.70. The summed E-state index contributed by atoms with van der Waals surface area (Å²) in [6.07, 6.45) is 0.782. The number of rotatable bonds is 6. The van der Waals surface area contributed by atoms with Crippen LogP contribution in [0.2, 0.25) is 0 Å². The number of aryl methyl sites for hydroxylation is 1. The lowest BCUT2D eigenvalue weighted by Gasteiger charge is -2.22. The number of piperazine rings is 1. The molecule has 23 heavy (non-hydrogen) atoms. The fraction of sp³-hybridized carbons (Fsp3) is 0.533. The predicted molar refractivity (Wildman–Crippen MR) is 86.9 cm³/mol. The standard InChI is InChI=1S/C15H21N3O4S/c1-3-10-7-11(15(21)22-4-2)14(23-10)17-13(20)9-18-6-5-16-12(19)8-18/h7H,3-6,8-9H2,1-2H3,(H,16,19)(H,17,20)/p+1. The minimum Gasteiger partial charge on any atom is -0.462 e. The molecule has 7 nitrogen and oxygen atoms in total. The van der Waals surface area contributed by atoms with Crippen molar-refractivity contribution in [3.63, 3.8) is 0 Å². The molecule has 2 amide bonds. The van der Waals surface area contributed by atoms with Crippen molar-refractivity contribution in [3.05, 3.63) is 16.5 Å². The average Bonchev–Trinajstić information content (AvgIpc) is 2.90. The van der Waals surface area contributed by atoms with Crippen LogP contribution < -0.4 is 15.5 Å². The van der Waals surface area contributed by atoms with Gasteiger partial charge in [0.05, 0.1) is 25.3 Å². The van der Waals surface area contributed by atoms with Gasteiger partial charge in [0.1, 0.15) is 5.00 Å². The summed E-state index contributed by atoms with van der Waals surface area (Å²) in [5.74, 6) is -0.677. The zero-order chi connectivity index (χ0) is 16.8. The Balaban J connectivity index is 2.03. The summed E-state index contributed by atoms with van der Waals surface area (Å²) in [6, 6.07) is 1.76. The van der Waals surface area contributed by atoms with Crippen LogP contribution in [0.3, 0.4) is 0 Å². The third kappa shape index (κ3) is 4.77. The molecule has 0 bridgehead atoms. The fourth-order valence-electron chi connectivity index (χ4n) is 2.38. The minimum atomic E-state index is -0.427. The number of carbonyl (C=O) groups is 3. The third-order valence-electron chi connectivity index (χ3n) is 3.50. The van der Waals surface area contributed by atoms with Crippen LogP contribution in [0, 0.1) is 0 Å². The van der Waals surface area contributed by atoms with E-state index in [9.17, 15) is 14.4 Å². The monoisotopic (exact) mass is 340 g/mol. The second kappa shape index (κ2) is 8.07. The van der Waals surface area contributed by atoms with Crippen LogP contribution in [-0.2, 0) is 20.7 Å². The van der Waals surface area contributed by atoms with Gasteiger partial charge in [-0.05, 0) is 19.4 Å². The normalized spacial score (nSPS) is 17.5. The molecule has 0 aliphatic carbocycles. The van der Waals surface area contributed by atoms with E-state index >= 15 is 0 Å². The van der Waals surface area contributed by atoms with E-state index in [-0.39, 0.29) is 25.0 Å². The number of quaternary nitrogens is 1. The molecular weight excluding hydrogens is 318 g/mol. The quantitative estimate of drug-likeness (QED) is 0.606. The molecule has 2 heterocycles. The Hall–Kier alpha value is -1.93. The molecule has 0 radical (unpaired) electrons. The van der Waals surface area contributed by atoms with Gasteiger partial charge in [-0.3, -0.25) is 9.59 Å². The van der Waals surface area contributed by atoms with Gasteiger partial charge < -0.3 is 20.3 Å². The molecule has 8 heteroatoms. The van der Waals surface area contributed by atoms with Crippen molar-refractivity contribution in [2.24, 2.45) is 0 Å². The Bertz CT molecular complexity index is 600. The molecule has 1 aromatic heterocycles. The largest absolute Gasteiger partial charge is 0.462 e. The number of carbonyl (C=O) groups excluding carboxylic acids is 3. The molecular formula is C15H22N3O4S+. The molecule has 3 N–H and O–H groups in total. The van der Waals surface area contributed by atoms with Gasteiger partial charge in [-0.25, -0.2) is 4.79 Å². The van der Waals surface area contributed by atoms with E-state index in [0.717, 1.165) is 16.2 Å². The number of nitrogens with one attached hydrogen (secondary N) is 3.